The highest BCUT2D eigenvalue weighted by molar-refractivity contribution is 6.30. The molecule has 0 radical (unpaired) electrons. The molecule has 2 rings (SSSR count). The average Bonchev–Trinajstić information content (AvgIpc) is 2.72. The van der Waals surface area contributed by atoms with Crippen LogP contribution in [0.25, 0.3) is 0 Å². The summed E-state index contributed by atoms with van der Waals surface area (Å²) < 4.78 is 16.2. The van der Waals surface area contributed by atoms with Crippen LogP contribution in [0.1, 0.15) is 36.2 Å². The first-order chi connectivity index (χ1) is 14.0. The Balaban J connectivity index is 1.81. The minimum Gasteiger partial charge on any atom is -0.490 e. The Morgan fingerprint density at radius 3 is 2.45 bits per heavy atom. The molecule has 0 saturated heterocycles. The summed E-state index contributed by atoms with van der Waals surface area (Å²) >= 11 is 5.84. The van der Waals surface area contributed by atoms with Gasteiger partial charge in [0.25, 0.3) is 5.91 Å². The third-order valence-electron chi connectivity index (χ3n) is 3.92. The van der Waals surface area contributed by atoms with Crippen LogP contribution in [-0.4, -0.2) is 38.2 Å². The first-order valence-corrected chi connectivity index (χ1v) is 9.99. The highest BCUT2D eigenvalue weighted by atomic mass is 35.5. The zero-order valence-electron chi connectivity index (χ0n) is 16.7. The Hall–Kier alpha value is -2.73. The molecule has 0 aliphatic carbocycles. The van der Waals surface area contributed by atoms with Gasteiger partial charge in [0, 0.05) is 11.6 Å². The first-order valence-electron chi connectivity index (χ1n) is 9.61. The van der Waals surface area contributed by atoms with Crippen LogP contribution in [0.4, 0.5) is 0 Å². The highest BCUT2D eigenvalue weighted by Crippen LogP contribution is 2.29. The van der Waals surface area contributed by atoms with Crippen molar-refractivity contribution in [2.24, 2.45) is 0 Å². The van der Waals surface area contributed by atoms with Crippen LogP contribution in [0.2, 0.25) is 5.02 Å². The molecule has 0 heterocycles. The molecule has 0 aromatic heterocycles. The Labute approximate surface area is 176 Å². The van der Waals surface area contributed by atoms with Crippen molar-refractivity contribution in [2.45, 2.75) is 26.7 Å². The molecule has 1 amide bonds. The number of nitrogens with one attached hydrogen (secondary N) is 1. The Bertz CT molecular complexity index is 807. The molecule has 0 aliphatic rings. The molecule has 0 spiro atoms. The molecule has 7 heteroatoms. The lowest BCUT2D eigenvalue weighted by Gasteiger charge is -2.13. The first kappa shape index (κ1) is 22.6. The summed E-state index contributed by atoms with van der Waals surface area (Å²) in [6.45, 7) is 4.94. The van der Waals surface area contributed by atoms with Crippen molar-refractivity contribution in [3.8, 4) is 11.5 Å². The van der Waals surface area contributed by atoms with E-state index in [9.17, 15) is 9.59 Å². The molecule has 0 fully saturated rings. The molecule has 0 unspecified atom stereocenters. The molecule has 156 valence electrons. The molecular formula is C22H26ClNO5. The highest BCUT2D eigenvalue weighted by Gasteiger charge is 2.14. The summed E-state index contributed by atoms with van der Waals surface area (Å²) in [6, 6.07) is 12.2. The molecule has 2 aromatic rings. The topological polar surface area (TPSA) is 73.9 Å². The molecule has 1 N–H and O–H groups in total. The van der Waals surface area contributed by atoms with Crippen LogP contribution >= 0.6 is 11.6 Å². The lowest BCUT2D eigenvalue weighted by Crippen LogP contribution is -2.30. The predicted molar refractivity (Wildman–Crippen MR) is 112 cm³/mol. The maximum Gasteiger partial charge on any atom is 0.338 e. The number of hydrogen-bond donors (Lipinski definition) is 1. The third kappa shape index (κ3) is 7.66. The SMILES string of the molecule is CCCOc1ccc(C(=O)OCC(=O)NCCc2ccc(Cl)cc2)cc1OCC. The maximum absolute atomic E-state index is 12.2. The standard InChI is InChI=1S/C22H26ClNO5/c1-3-13-28-19-10-7-17(14-20(19)27-4-2)22(26)29-15-21(25)24-12-11-16-5-8-18(23)9-6-16/h5-10,14H,3-4,11-13,15H2,1-2H3,(H,24,25). The van der Waals surface area contributed by atoms with E-state index in [0.29, 0.717) is 48.3 Å². The second-order valence-corrected chi connectivity index (χ2v) is 6.68. The Morgan fingerprint density at radius 1 is 1.00 bits per heavy atom. The minimum absolute atomic E-state index is 0.297. The van der Waals surface area contributed by atoms with Crippen LogP contribution in [0.5, 0.6) is 11.5 Å². The van der Waals surface area contributed by atoms with E-state index in [1.54, 1.807) is 30.3 Å². The minimum atomic E-state index is -0.596. The van der Waals surface area contributed by atoms with E-state index in [1.165, 1.54) is 0 Å². The van der Waals surface area contributed by atoms with Gasteiger partial charge >= 0.3 is 5.97 Å². The zero-order valence-corrected chi connectivity index (χ0v) is 17.5. The van der Waals surface area contributed by atoms with E-state index in [1.807, 2.05) is 26.0 Å². The van der Waals surface area contributed by atoms with Gasteiger partial charge in [-0.05, 0) is 55.7 Å². The number of benzene rings is 2. The number of hydrogen-bond acceptors (Lipinski definition) is 5. The summed E-state index contributed by atoms with van der Waals surface area (Å²) in [7, 11) is 0. The molecule has 0 aliphatic heterocycles. The summed E-state index contributed by atoms with van der Waals surface area (Å²) in [5.41, 5.74) is 1.35. The summed E-state index contributed by atoms with van der Waals surface area (Å²) in [4.78, 5) is 24.2. The van der Waals surface area contributed by atoms with Crippen LogP contribution in [0.3, 0.4) is 0 Å². The second kappa shape index (κ2) is 12.0. The van der Waals surface area contributed by atoms with Crippen molar-refractivity contribution in [3.63, 3.8) is 0 Å². The van der Waals surface area contributed by atoms with E-state index in [2.05, 4.69) is 5.32 Å². The van der Waals surface area contributed by atoms with Crippen LogP contribution in [-0.2, 0) is 16.0 Å². The van der Waals surface area contributed by atoms with Gasteiger partial charge in [0.15, 0.2) is 18.1 Å². The Kier molecular flexibility index (Phi) is 9.31. The molecule has 0 bridgehead atoms. The molecule has 29 heavy (non-hydrogen) atoms. The number of esters is 1. The molecular weight excluding hydrogens is 394 g/mol. The van der Waals surface area contributed by atoms with Gasteiger partial charge in [-0.2, -0.15) is 0 Å². The van der Waals surface area contributed by atoms with E-state index in [-0.39, 0.29) is 12.5 Å². The molecule has 0 saturated carbocycles. The third-order valence-corrected chi connectivity index (χ3v) is 4.18. The number of rotatable bonds is 11. The summed E-state index contributed by atoms with van der Waals surface area (Å²) in [5.74, 6) is 0.0918. The van der Waals surface area contributed by atoms with Gasteiger partial charge in [-0.3, -0.25) is 4.79 Å². The number of ether oxygens (including phenoxy) is 3. The van der Waals surface area contributed by atoms with Gasteiger partial charge < -0.3 is 19.5 Å². The van der Waals surface area contributed by atoms with Crippen molar-refractivity contribution >= 4 is 23.5 Å². The van der Waals surface area contributed by atoms with Gasteiger partial charge in [-0.25, -0.2) is 4.79 Å². The normalized spacial score (nSPS) is 10.3. The van der Waals surface area contributed by atoms with Crippen molar-refractivity contribution in [3.05, 3.63) is 58.6 Å². The van der Waals surface area contributed by atoms with E-state index < -0.39 is 5.97 Å². The lowest BCUT2D eigenvalue weighted by atomic mass is 10.1. The lowest BCUT2D eigenvalue weighted by molar-refractivity contribution is -0.124. The monoisotopic (exact) mass is 419 g/mol. The number of halogens is 1. The summed E-state index contributed by atoms with van der Waals surface area (Å²) in [5, 5.41) is 3.39. The van der Waals surface area contributed by atoms with Crippen molar-refractivity contribution in [1.29, 1.82) is 0 Å². The van der Waals surface area contributed by atoms with Crippen molar-refractivity contribution < 1.29 is 23.8 Å². The van der Waals surface area contributed by atoms with E-state index in [4.69, 9.17) is 25.8 Å². The second-order valence-electron chi connectivity index (χ2n) is 6.25. The van der Waals surface area contributed by atoms with E-state index in [0.717, 1.165) is 12.0 Å². The van der Waals surface area contributed by atoms with Crippen molar-refractivity contribution in [1.82, 2.24) is 5.32 Å². The van der Waals surface area contributed by atoms with Crippen LogP contribution < -0.4 is 14.8 Å². The number of amides is 1. The fourth-order valence-electron chi connectivity index (χ4n) is 2.50. The molecule has 0 atom stereocenters. The summed E-state index contributed by atoms with van der Waals surface area (Å²) in [6.07, 6.45) is 1.52. The van der Waals surface area contributed by atoms with Crippen molar-refractivity contribution in [2.75, 3.05) is 26.4 Å². The number of carbonyl (C=O) groups excluding carboxylic acids is 2. The van der Waals surface area contributed by atoms with Gasteiger partial charge in [0.1, 0.15) is 0 Å². The largest absolute Gasteiger partial charge is 0.490 e. The van der Waals surface area contributed by atoms with E-state index >= 15 is 0 Å². The quantitative estimate of drug-likeness (QED) is 0.556. The average molecular weight is 420 g/mol. The van der Waals surface area contributed by atoms with Gasteiger partial charge in [0.05, 0.1) is 18.8 Å². The van der Waals surface area contributed by atoms with Gasteiger partial charge in [-0.1, -0.05) is 30.7 Å². The van der Waals surface area contributed by atoms with Crippen LogP contribution in [0, 0.1) is 0 Å². The zero-order chi connectivity index (χ0) is 21.1. The Morgan fingerprint density at radius 2 is 1.76 bits per heavy atom. The fourth-order valence-corrected chi connectivity index (χ4v) is 2.62. The van der Waals surface area contributed by atoms with Crippen LogP contribution in [0.15, 0.2) is 42.5 Å². The van der Waals surface area contributed by atoms with Gasteiger partial charge in [0.2, 0.25) is 0 Å². The molecule has 6 nitrogen and oxygen atoms in total. The molecule has 2 aromatic carbocycles. The van der Waals surface area contributed by atoms with Gasteiger partial charge in [-0.15, -0.1) is 0 Å². The smallest absolute Gasteiger partial charge is 0.338 e. The predicted octanol–water partition coefficient (Wildman–Crippen LogP) is 4.04. The number of carbonyl (C=O) groups is 2. The fraction of sp³-hybridized carbons (Fsp3) is 0.364. The maximum atomic E-state index is 12.2.